The van der Waals surface area contributed by atoms with E-state index in [0.717, 1.165) is 76.0 Å². The molecule has 28 heteroatoms. The number of aromatic nitrogens is 4. The predicted octanol–water partition coefficient (Wildman–Crippen LogP) is 2.60. The van der Waals surface area contributed by atoms with Gasteiger partial charge in [-0.25, -0.2) is 19.9 Å². The zero-order valence-corrected chi connectivity index (χ0v) is 52.1. The Bertz CT molecular complexity index is 2520. The lowest BCUT2D eigenvalue weighted by atomic mass is 10.1. The number of nitrogens with one attached hydrogen (secondary N) is 4. The van der Waals surface area contributed by atoms with Crippen LogP contribution in [0.2, 0.25) is 10.3 Å². The number of hydrogen-bond acceptors (Lipinski definition) is 20. The number of aryl methyl sites for hydroxylation is 2. The van der Waals surface area contributed by atoms with Crippen molar-refractivity contribution in [1.29, 1.82) is 0 Å². The van der Waals surface area contributed by atoms with Gasteiger partial charge in [0.1, 0.15) is 36.8 Å². The molecule has 0 saturated carbocycles. The molecular formula is C58H92Cl2N14O12+2. The van der Waals surface area contributed by atoms with Crippen LogP contribution in [-0.2, 0) is 41.4 Å². The standard InChI is InChI=1S/C58H90Cl2N14O12/c1-7-11-41(37-67-55(77)45-51(61)71-53(63)49(59)69-45)73(3,4)25-9-13-39-15-19-43(20-16-39)85-35-33-83-31-29-81-27-23-65-57(79)47(75)48(76)58(80)66-24-28-82-30-32-84-34-36-86-44-21-17-40(18-22-44)14-10-26-74(5,6)42(12-8-2)38-68-56(78)46-52(62)72-54(64)50(60)70-46/h15-22,41-42,47-48,75-76H,7-14,23-38H2,1-6H3,(H10-2,61,62,63,64,65,66,67,68,71,72,77,78,79,80)/p+2/t41-,42?,47?,48?/m0/s1. The molecule has 4 aromatic rings. The van der Waals surface area contributed by atoms with Crippen molar-refractivity contribution in [3.8, 4) is 11.5 Å². The number of nitrogens with two attached hydrogens (primary N) is 4. The molecule has 4 amide bonds. The van der Waals surface area contributed by atoms with Crippen molar-refractivity contribution in [2.24, 2.45) is 0 Å². The first-order chi connectivity index (χ1) is 41.1. The maximum Gasteiger partial charge on any atom is 0.274 e. The van der Waals surface area contributed by atoms with Gasteiger partial charge in [0.05, 0.1) is 107 Å². The first kappa shape index (κ1) is 72.0. The quantitative estimate of drug-likeness (QED) is 0.0225. The fourth-order valence-electron chi connectivity index (χ4n) is 9.19. The monoisotopic (exact) mass is 1250 g/mol. The van der Waals surface area contributed by atoms with E-state index in [9.17, 15) is 29.4 Å². The number of carbonyl (C=O) groups excluding carboxylic acids is 4. The molecule has 478 valence electrons. The second-order valence-corrected chi connectivity index (χ2v) is 22.4. The first-order valence-corrected chi connectivity index (χ1v) is 29.9. The number of hydrogen-bond donors (Lipinski definition) is 10. The van der Waals surface area contributed by atoms with Gasteiger partial charge in [-0.15, -0.1) is 0 Å². The van der Waals surface area contributed by atoms with E-state index in [2.05, 4.69) is 83.2 Å². The van der Waals surface area contributed by atoms with Crippen molar-refractivity contribution >= 4 is 70.1 Å². The van der Waals surface area contributed by atoms with Gasteiger partial charge >= 0.3 is 0 Å². The summed E-state index contributed by atoms with van der Waals surface area (Å²) >= 11 is 11.9. The van der Waals surface area contributed by atoms with Crippen LogP contribution >= 0.6 is 23.2 Å². The summed E-state index contributed by atoms with van der Waals surface area (Å²) < 4.78 is 35.2. The lowest BCUT2D eigenvalue weighted by Gasteiger charge is -2.38. The van der Waals surface area contributed by atoms with Crippen LogP contribution in [-0.4, -0.2) is 221 Å². The number of quaternary nitrogens is 2. The Morgan fingerprint density at radius 3 is 1.19 bits per heavy atom. The Hall–Kier alpha value is -6.46. The molecule has 26 nitrogen and oxygen atoms in total. The Balaban J connectivity index is 0.950. The van der Waals surface area contributed by atoms with Crippen molar-refractivity contribution in [2.45, 2.75) is 89.5 Å². The highest BCUT2D eigenvalue weighted by Crippen LogP contribution is 2.22. The number of amides is 4. The number of ether oxygens (including phenoxy) is 6. The normalized spacial score (nSPS) is 13.1. The molecule has 3 unspecified atom stereocenters. The summed E-state index contributed by atoms with van der Waals surface area (Å²) in [5.41, 5.74) is 25.3. The Kier molecular flexibility index (Phi) is 31.8. The van der Waals surface area contributed by atoms with Crippen LogP contribution in [0.3, 0.4) is 0 Å². The maximum absolute atomic E-state index is 12.9. The third kappa shape index (κ3) is 25.5. The summed E-state index contributed by atoms with van der Waals surface area (Å²) in [5.74, 6) is -1.50. The summed E-state index contributed by atoms with van der Waals surface area (Å²) in [6.45, 7) is 9.62. The van der Waals surface area contributed by atoms with Crippen LogP contribution in [0.5, 0.6) is 11.5 Å². The van der Waals surface area contributed by atoms with E-state index in [1.54, 1.807) is 0 Å². The molecule has 0 aliphatic rings. The molecule has 0 radical (unpaired) electrons. The summed E-state index contributed by atoms with van der Waals surface area (Å²) in [6.07, 6.45) is 3.41. The van der Waals surface area contributed by atoms with Crippen molar-refractivity contribution in [3.63, 3.8) is 0 Å². The Labute approximate surface area is 514 Å². The van der Waals surface area contributed by atoms with Gasteiger partial charge in [0.25, 0.3) is 23.6 Å². The van der Waals surface area contributed by atoms with E-state index in [4.69, 9.17) is 74.6 Å². The van der Waals surface area contributed by atoms with Crippen LogP contribution in [0.25, 0.3) is 0 Å². The van der Waals surface area contributed by atoms with Crippen LogP contribution in [0.1, 0.15) is 84.5 Å². The van der Waals surface area contributed by atoms with Gasteiger partial charge < -0.3 is 91.8 Å². The average Bonchev–Trinajstić information content (AvgIpc) is 3.69. The van der Waals surface area contributed by atoms with Crippen molar-refractivity contribution in [3.05, 3.63) is 81.4 Å². The molecule has 0 saturated heterocycles. The number of nitrogens with zero attached hydrogens (tertiary/aromatic N) is 6. The van der Waals surface area contributed by atoms with E-state index >= 15 is 0 Å². The second kappa shape index (κ2) is 38.0. The number of carbonyl (C=O) groups is 4. The fraction of sp³-hybridized carbons (Fsp3) is 0.586. The predicted molar refractivity (Wildman–Crippen MR) is 330 cm³/mol. The molecule has 14 N–H and O–H groups in total. The molecule has 2 aromatic heterocycles. The zero-order chi connectivity index (χ0) is 63.1. The summed E-state index contributed by atoms with van der Waals surface area (Å²) in [6, 6.07) is 16.2. The SMILES string of the molecule is CCCC(CNC(=O)c1nc(Cl)c(N)nc1N)[N+](C)(C)CCCc1ccc(OCCOCCOCCNC(=O)C(O)C(O)C(=O)NCCOCCOCCOc2ccc(CCC[N+](C)(C)[C@@H](CCC)CNC(=O)c3nc(Cl)c(N)nc3N)cc2)cc1. The molecule has 0 bridgehead atoms. The number of anilines is 4. The van der Waals surface area contributed by atoms with E-state index in [-0.39, 0.29) is 110 Å². The molecule has 4 rings (SSSR count). The number of aliphatic hydroxyl groups excluding tert-OH is 2. The maximum atomic E-state index is 12.9. The third-order valence-corrected chi connectivity index (χ3v) is 14.9. The van der Waals surface area contributed by atoms with Crippen LogP contribution in [0, 0.1) is 0 Å². The second-order valence-electron chi connectivity index (χ2n) is 21.7. The van der Waals surface area contributed by atoms with Gasteiger partial charge in [-0.3, -0.25) is 19.2 Å². The molecule has 86 heavy (non-hydrogen) atoms. The van der Waals surface area contributed by atoms with E-state index in [1.165, 1.54) is 11.1 Å². The topological polar surface area (TPSA) is 368 Å². The minimum Gasteiger partial charge on any atom is -0.491 e. The van der Waals surface area contributed by atoms with Crippen LogP contribution in [0.15, 0.2) is 48.5 Å². The van der Waals surface area contributed by atoms with Crippen molar-refractivity contribution in [2.75, 3.05) is 156 Å². The van der Waals surface area contributed by atoms with Gasteiger partial charge in [0.2, 0.25) is 0 Å². The highest BCUT2D eigenvalue weighted by atomic mass is 35.5. The lowest BCUT2D eigenvalue weighted by molar-refractivity contribution is -0.914. The highest BCUT2D eigenvalue weighted by molar-refractivity contribution is 6.32. The number of likely N-dealkylation sites (N-methyl/N-ethyl adjacent to an activating group) is 2. The number of halogens is 2. The number of aliphatic hydroxyl groups is 2. The summed E-state index contributed by atoms with van der Waals surface area (Å²) in [4.78, 5) is 66.3. The van der Waals surface area contributed by atoms with Gasteiger partial charge in [-0.05, 0) is 48.2 Å². The largest absolute Gasteiger partial charge is 0.491 e. The molecular weight excluding hydrogens is 1160 g/mol. The van der Waals surface area contributed by atoms with Gasteiger partial charge in [-0.2, -0.15) is 0 Å². The lowest BCUT2D eigenvalue weighted by Crippen LogP contribution is -2.54. The van der Waals surface area contributed by atoms with Crippen LogP contribution in [0.4, 0.5) is 23.3 Å². The molecule has 0 spiro atoms. The molecule has 2 aromatic carbocycles. The zero-order valence-electron chi connectivity index (χ0n) is 50.6. The molecule has 0 aliphatic heterocycles. The smallest absolute Gasteiger partial charge is 0.274 e. The number of nitrogen functional groups attached to an aromatic ring is 4. The van der Waals surface area contributed by atoms with Crippen LogP contribution < -0.4 is 53.7 Å². The Morgan fingerprint density at radius 2 is 0.837 bits per heavy atom. The Morgan fingerprint density at radius 1 is 0.500 bits per heavy atom. The van der Waals surface area contributed by atoms with Crippen molar-refractivity contribution < 1.29 is 66.8 Å². The summed E-state index contributed by atoms with van der Waals surface area (Å²) in [7, 11) is 8.67. The summed E-state index contributed by atoms with van der Waals surface area (Å²) in [5, 5.41) is 31.1. The first-order valence-electron chi connectivity index (χ1n) is 29.1. The minimum absolute atomic E-state index is 0.0290. The minimum atomic E-state index is -1.98. The third-order valence-electron chi connectivity index (χ3n) is 14.4. The fourth-order valence-corrected chi connectivity index (χ4v) is 9.44. The molecule has 2 heterocycles. The molecule has 4 atom stereocenters. The van der Waals surface area contributed by atoms with E-state index < -0.39 is 35.8 Å². The van der Waals surface area contributed by atoms with Gasteiger partial charge in [-0.1, -0.05) is 74.2 Å². The van der Waals surface area contributed by atoms with Gasteiger partial charge in [0, 0.05) is 38.8 Å². The highest BCUT2D eigenvalue weighted by Gasteiger charge is 2.32. The van der Waals surface area contributed by atoms with Crippen molar-refractivity contribution in [1.82, 2.24) is 41.2 Å². The number of benzene rings is 2. The molecule has 0 fully saturated rings. The van der Waals surface area contributed by atoms with E-state index in [0.29, 0.717) is 48.5 Å². The van der Waals surface area contributed by atoms with Gasteiger partial charge in [0.15, 0.2) is 57.2 Å². The molecule has 0 aliphatic carbocycles. The number of rotatable bonds is 43. The van der Waals surface area contributed by atoms with E-state index in [1.807, 2.05) is 48.5 Å². The average molecular weight is 1250 g/mol.